The fraction of sp³-hybridized carbons (Fsp3) is 0.562. The number of hydrogen-bond donors (Lipinski definition) is 2. The van der Waals surface area contributed by atoms with Gasteiger partial charge in [-0.05, 0) is 18.4 Å². The van der Waals surface area contributed by atoms with E-state index in [9.17, 15) is 4.79 Å². The van der Waals surface area contributed by atoms with Crippen LogP contribution in [0.1, 0.15) is 38.3 Å². The molecule has 4 nitrogen and oxygen atoms in total. The first-order chi connectivity index (χ1) is 9.38. The number of hydrogen-bond acceptors (Lipinski definition) is 3. The average molecular weight is 274 g/mol. The highest BCUT2D eigenvalue weighted by Crippen LogP contribution is 2.44. The third-order valence-electron chi connectivity index (χ3n) is 4.92. The smallest absolute Gasteiger partial charge is 0.317 e. The van der Waals surface area contributed by atoms with Crippen LogP contribution in [0, 0.1) is 0 Å². The van der Waals surface area contributed by atoms with Crippen LogP contribution in [-0.2, 0) is 17.6 Å². The van der Waals surface area contributed by atoms with Gasteiger partial charge in [0, 0.05) is 44.1 Å². The summed E-state index contributed by atoms with van der Waals surface area (Å²) >= 11 is 0. The van der Waals surface area contributed by atoms with Crippen molar-refractivity contribution in [1.29, 1.82) is 0 Å². The van der Waals surface area contributed by atoms with E-state index in [1.807, 2.05) is 13.8 Å². The van der Waals surface area contributed by atoms with Gasteiger partial charge >= 0.3 is 5.91 Å². The molecule has 0 aliphatic carbocycles. The standard InChI is InChI=1S/C16H24N3O/c1-11(20)19(16(2,3)17)10-4-5-13-14(19)7-6-12-8-9-18-15(12)13/h6-7,18H,4-5,8-10,17H2,1-3H3/q+1/t19-/m0/s1. The van der Waals surface area contributed by atoms with Crippen molar-refractivity contribution in [3.63, 3.8) is 0 Å². The second-order valence-electron chi connectivity index (χ2n) is 6.58. The second kappa shape index (κ2) is 4.30. The molecular formula is C16H24N3O+. The number of nitrogens with two attached hydrogens (primary N) is 1. The maximum absolute atomic E-state index is 12.5. The van der Waals surface area contributed by atoms with Gasteiger partial charge in [-0.2, -0.15) is 0 Å². The van der Waals surface area contributed by atoms with Gasteiger partial charge in [0.1, 0.15) is 5.69 Å². The van der Waals surface area contributed by atoms with Gasteiger partial charge in [-0.3, -0.25) is 5.73 Å². The van der Waals surface area contributed by atoms with Gasteiger partial charge in [-0.1, -0.05) is 6.07 Å². The number of nitrogens with one attached hydrogen (secondary N) is 1. The lowest BCUT2D eigenvalue weighted by Gasteiger charge is -2.47. The molecule has 2 aliphatic heterocycles. The first-order valence-corrected chi connectivity index (χ1v) is 7.45. The summed E-state index contributed by atoms with van der Waals surface area (Å²) in [5.41, 5.74) is 10.9. The maximum Gasteiger partial charge on any atom is 0.317 e. The van der Waals surface area contributed by atoms with Crippen LogP contribution in [0.3, 0.4) is 0 Å². The Morgan fingerprint density at radius 1 is 1.35 bits per heavy atom. The van der Waals surface area contributed by atoms with Gasteiger partial charge in [0.05, 0.1) is 13.5 Å². The molecule has 2 heterocycles. The molecule has 1 aromatic rings. The predicted molar refractivity (Wildman–Crippen MR) is 82.6 cm³/mol. The number of fused-ring (bicyclic) bond motifs is 3. The lowest BCUT2D eigenvalue weighted by atomic mass is 9.91. The SMILES string of the molecule is CC(=O)[N@@+]1(C(C)(C)N)CCCc2c1ccc1c2NCC1. The number of anilines is 1. The Hall–Kier alpha value is -1.39. The van der Waals surface area contributed by atoms with Gasteiger partial charge in [0.2, 0.25) is 0 Å². The van der Waals surface area contributed by atoms with E-state index in [1.54, 1.807) is 6.92 Å². The van der Waals surface area contributed by atoms with E-state index in [4.69, 9.17) is 5.73 Å². The van der Waals surface area contributed by atoms with E-state index in [0.29, 0.717) is 0 Å². The average Bonchev–Trinajstić information content (AvgIpc) is 2.84. The molecule has 0 fully saturated rings. The van der Waals surface area contributed by atoms with Crippen molar-refractivity contribution in [2.45, 2.75) is 45.7 Å². The van der Waals surface area contributed by atoms with Crippen LogP contribution in [0.25, 0.3) is 0 Å². The zero-order valence-corrected chi connectivity index (χ0v) is 12.6. The highest BCUT2D eigenvalue weighted by atomic mass is 16.2. The molecule has 4 heteroatoms. The molecular weight excluding hydrogens is 250 g/mol. The Morgan fingerprint density at radius 2 is 2.10 bits per heavy atom. The topological polar surface area (TPSA) is 55.1 Å². The van der Waals surface area contributed by atoms with Crippen molar-refractivity contribution < 1.29 is 4.79 Å². The van der Waals surface area contributed by atoms with Crippen LogP contribution in [0.5, 0.6) is 0 Å². The molecule has 0 radical (unpaired) electrons. The van der Waals surface area contributed by atoms with E-state index >= 15 is 0 Å². The third-order valence-corrected chi connectivity index (χ3v) is 4.92. The van der Waals surface area contributed by atoms with Gasteiger partial charge in [0.25, 0.3) is 0 Å². The first kappa shape index (κ1) is 13.6. The molecule has 1 atom stereocenters. The van der Waals surface area contributed by atoms with E-state index < -0.39 is 5.66 Å². The van der Waals surface area contributed by atoms with Crippen molar-refractivity contribution in [3.05, 3.63) is 23.3 Å². The second-order valence-corrected chi connectivity index (χ2v) is 6.58. The molecule has 1 aromatic carbocycles. The van der Waals surface area contributed by atoms with Crippen LogP contribution in [0.4, 0.5) is 11.4 Å². The van der Waals surface area contributed by atoms with E-state index in [-0.39, 0.29) is 10.4 Å². The molecule has 3 rings (SSSR count). The van der Waals surface area contributed by atoms with Crippen molar-refractivity contribution in [1.82, 2.24) is 4.48 Å². The number of rotatable bonds is 1. The van der Waals surface area contributed by atoms with E-state index in [1.165, 1.54) is 16.8 Å². The fourth-order valence-electron chi connectivity index (χ4n) is 3.99. The molecule has 3 N–H and O–H groups in total. The molecule has 108 valence electrons. The first-order valence-electron chi connectivity index (χ1n) is 7.45. The molecule has 0 spiro atoms. The van der Waals surface area contributed by atoms with Gasteiger partial charge in [-0.25, -0.2) is 9.28 Å². The number of carbonyl (C=O) groups is 1. The summed E-state index contributed by atoms with van der Waals surface area (Å²) in [7, 11) is 0. The van der Waals surface area contributed by atoms with Gasteiger partial charge in [-0.15, -0.1) is 0 Å². The molecule has 0 bridgehead atoms. The lowest BCUT2D eigenvalue weighted by molar-refractivity contribution is -0.133. The number of quaternary nitrogens is 1. The summed E-state index contributed by atoms with van der Waals surface area (Å²) in [5.74, 6) is 0.136. The van der Waals surface area contributed by atoms with Crippen molar-refractivity contribution in [2.75, 3.05) is 18.4 Å². The van der Waals surface area contributed by atoms with Crippen LogP contribution in [-0.4, -0.2) is 24.7 Å². The number of carbonyl (C=O) groups excluding carboxylic acids is 1. The highest BCUT2D eigenvalue weighted by molar-refractivity contribution is 5.91. The quantitative estimate of drug-likeness (QED) is 0.772. The zero-order valence-electron chi connectivity index (χ0n) is 12.6. The number of nitrogens with zero attached hydrogens (tertiary/aromatic N) is 1. The third kappa shape index (κ3) is 1.64. The minimum absolute atomic E-state index is 0.136. The Labute approximate surface area is 120 Å². The van der Waals surface area contributed by atoms with Crippen molar-refractivity contribution in [3.8, 4) is 0 Å². The summed E-state index contributed by atoms with van der Waals surface area (Å²) in [6, 6.07) is 4.30. The minimum Gasteiger partial charge on any atom is -0.384 e. The minimum atomic E-state index is -0.603. The summed E-state index contributed by atoms with van der Waals surface area (Å²) in [4.78, 5) is 12.5. The molecule has 0 saturated carbocycles. The van der Waals surface area contributed by atoms with Crippen molar-refractivity contribution in [2.24, 2.45) is 5.73 Å². The molecule has 20 heavy (non-hydrogen) atoms. The molecule has 2 aliphatic rings. The van der Waals surface area contributed by atoms with Crippen LogP contribution in [0.15, 0.2) is 12.1 Å². The predicted octanol–water partition coefficient (Wildman–Crippen LogP) is 2.15. The summed E-state index contributed by atoms with van der Waals surface area (Å²) in [6.07, 6.45) is 3.12. The largest absolute Gasteiger partial charge is 0.384 e. The fourth-order valence-corrected chi connectivity index (χ4v) is 3.99. The molecule has 0 unspecified atom stereocenters. The number of benzene rings is 1. The molecule has 1 amide bonds. The Bertz CT molecular complexity index is 574. The maximum atomic E-state index is 12.5. The lowest BCUT2D eigenvalue weighted by Crippen LogP contribution is -2.71. The summed E-state index contributed by atoms with van der Waals surface area (Å²) < 4.78 is 0.261. The van der Waals surface area contributed by atoms with E-state index in [0.717, 1.165) is 38.0 Å². The molecule has 0 aromatic heterocycles. The van der Waals surface area contributed by atoms with Gasteiger partial charge in [0.15, 0.2) is 5.66 Å². The van der Waals surface area contributed by atoms with E-state index in [2.05, 4.69) is 17.4 Å². The Balaban J connectivity index is 2.27. The van der Waals surface area contributed by atoms with Gasteiger partial charge < -0.3 is 5.32 Å². The zero-order chi connectivity index (χ0) is 14.5. The van der Waals surface area contributed by atoms with Crippen LogP contribution >= 0.6 is 0 Å². The summed E-state index contributed by atoms with van der Waals surface area (Å²) in [6.45, 7) is 7.39. The highest BCUT2D eigenvalue weighted by Gasteiger charge is 2.51. The normalized spacial score (nSPS) is 24.8. The summed E-state index contributed by atoms with van der Waals surface area (Å²) in [5, 5.41) is 3.49. The Morgan fingerprint density at radius 3 is 2.75 bits per heavy atom. The Kier molecular flexibility index (Phi) is 2.92. The van der Waals surface area contributed by atoms with Crippen molar-refractivity contribution >= 4 is 17.3 Å². The molecule has 0 saturated heterocycles. The van der Waals surface area contributed by atoms with Crippen LogP contribution < -0.4 is 15.5 Å². The van der Waals surface area contributed by atoms with Crippen LogP contribution in [0.2, 0.25) is 0 Å². The monoisotopic (exact) mass is 274 g/mol. The number of amides is 1.